The van der Waals surface area contributed by atoms with E-state index in [-0.39, 0.29) is 21.6 Å². The molecule has 1 unspecified atom stereocenters. The molecule has 0 amide bonds. The van der Waals surface area contributed by atoms with E-state index in [1.54, 1.807) is 13.8 Å². The highest BCUT2D eigenvalue weighted by atomic mass is 32.2. The third kappa shape index (κ3) is 3.52. The second kappa shape index (κ2) is 5.79. The van der Waals surface area contributed by atoms with Gasteiger partial charge in [-0.1, -0.05) is 13.8 Å². The Bertz CT molecular complexity index is 520. The minimum Gasteiger partial charge on any atom is -0.477 e. The van der Waals surface area contributed by atoms with Crippen molar-refractivity contribution in [1.82, 2.24) is 4.72 Å². The van der Waals surface area contributed by atoms with Gasteiger partial charge >= 0.3 is 5.97 Å². The van der Waals surface area contributed by atoms with E-state index in [2.05, 4.69) is 4.72 Å². The lowest BCUT2D eigenvalue weighted by molar-refractivity contribution is 0.0702. The summed E-state index contributed by atoms with van der Waals surface area (Å²) in [5.41, 5.74) is 0. The monoisotopic (exact) mass is 293 g/mol. The van der Waals surface area contributed by atoms with Gasteiger partial charge in [-0.3, -0.25) is 0 Å². The van der Waals surface area contributed by atoms with Crippen molar-refractivity contribution in [2.45, 2.75) is 24.1 Å². The second-order valence-electron chi connectivity index (χ2n) is 4.08. The van der Waals surface area contributed by atoms with Crippen molar-refractivity contribution in [2.24, 2.45) is 5.92 Å². The number of rotatable bonds is 6. The first-order valence-electron chi connectivity index (χ1n) is 5.24. The van der Waals surface area contributed by atoms with E-state index in [4.69, 9.17) is 10.2 Å². The number of thiophene rings is 1. The van der Waals surface area contributed by atoms with E-state index in [0.717, 1.165) is 0 Å². The van der Waals surface area contributed by atoms with Crippen molar-refractivity contribution >= 4 is 27.3 Å². The maximum Gasteiger partial charge on any atom is 0.345 e. The van der Waals surface area contributed by atoms with Crippen molar-refractivity contribution in [3.8, 4) is 0 Å². The first-order chi connectivity index (χ1) is 8.27. The fourth-order valence-electron chi connectivity index (χ4n) is 1.22. The summed E-state index contributed by atoms with van der Waals surface area (Å²) in [5.74, 6) is -1.23. The number of sulfonamides is 1. The number of hydrogen-bond acceptors (Lipinski definition) is 5. The Kier molecular flexibility index (Phi) is 4.85. The Hall–Kier alpha value is -0.960. The second-order valence-corrected chi connectivity index (χ2v) is 7.10. The van der Waals surface area contributed by atoms with Crippen LogP contribution in [0.2, 0.25) is 0 Å². The number of aliphatic hydroxyl groups is 1. The van der Waals surface area contributed by atoms with E-state index in [0.29, 0.717) is 11.3 Å². The molecule has 0 radical (unpaired) electrons. The molecule has 0 aromatic carbocycles. The lowest BCUT2D eigenvalue weighted by atomic mass is 10.1. The van der Waals surface area contributed by atoms with Crippen molar-refractivity contribution in [1.29, 1.82) is 0 Å². The van der Waals surface area contributed by atoms with Gasteiger partial charge in [-0.2, -0.15) is 0 Å². The van der Waals surface area contributed by atoms with E-state index in [1.807, 2.05) is 0 Å². The molecule has 0 aliphatic rings. The van der Waals surface area contributed by atoms with E-state index in [1.165, 1.54) is 12.1 Å². The van der Waals surface area contributed by atoms with Crippen LogP contribution in [-0.2, 0) is 10.0 Å². The zero-order valence-electron chi connectivity index (χ0n) is 9.95. The van der Waals surface area contributed by atoms with Gasteiger partial charge in [0.1, 0.15) is 9.09 Å². The Balaban J connectivity index is 2.95. The van der Waals surface area contributed by atoms with Crippen LogP contribution in [0.25, 0.3) is 0 Å². The van der Waals surface area contributed by atoms with Crippen LogP contribution in [0.15, 0.2) is 16.3 Å². The predicted octanol–water partition coefficient (Wildman–Crippen LogP) is 0.742. The van der Waals surface area contributed by atoms with E-state index in [9.17, 15) is 13.2 Å². The summed E-state index contributed by atoms with van der Waals surface area (Å²) in [6.45, 7) is 3.25. The van der Waals surface area contributed by atoms with Crippen molar-refractivity contribution in [3.63, 3.8) is 0 Å². The fourth-order valence-corrected chi connectivity index (χ4v) is 3.76. The molecular formula is C10H15NO5S2. The van der Waals surface area contributed by atoms with Crippen LogP contribution in [0.4, 0.5) is 0 Å². The van der Waals surface area contributed by atoms with Gasteiger partial charge in [0.15, 0.2) is 0 Å². The standard InChI is InChI=1S/C10H15NO5S2/c1-6(2)7(5-12)11-18(15,16)9-4-3-8(17-9)10(13)14/h3-4,6-7,11-12H,5H2,1-2H3,(H,13,14). The quantitative estimate of drug-likeness (QED) is 0.717. The average Bonchev–Trinajstić information content (AvgIpc) is 2.75. The Morgan fingerprint density at radius 1 is 1.44 bits per heavy atom. The van der Waals surface area contributed by atoms with Gasteiger partial charge in [-0.15, -0.1) is 11.3 Å². The normalized spacial score (nSPS) is 13.8. The van der Waals surface area contributed by atoms with Crippen LogP contribution in [0.1, 0.15) is 23.5 Å². The number of aromatic carboxylic acids is 1. The molecular weight excluding hydrogens is 278 g/mol. The SMILES string of the molecule is CC(C)C(CO)NS(=O)(=O)c1ccc(C(=O)O)s1. The molecule has 1 heterocycles. The lowest BCUT2D eigenvalue weighted by Crippen LogP contribution is -2.40. The molecule has 102 valence electrons. The molecule has 1 aromatic heterocycles. The summed E-state index contributed by atoms with van der Waals surface area (Å²) in [6, 6.07) is 1.89. The Labute approximate surface area is 109 Å². The third-order valence-electron chi connectivity index (χ3n) is 2.36. The highest BCUT2D eigenvalue weighted by Gasteiger charge is 2.24. The Morgan fingerprint density at radius 3 is 2.44 bits per heavy atom. The highest BCUT2D eigenvalue weighted by Crippen LogP contribution is 2.22. The lowest BCUT2D eigenvalue weighted by Gasteiger charge is -2.19. The van der Waals surface area contributed by atoms with Crippen LogP contribution < -0.4 is 4.72 Å². The first-order valence-corrected chi connectivity index (χ1v) is 7.54. The molecule has 0 fully saturated rings. The molecule has 18 heavy (non-hydrogen) atoms. The average molecular weight is 293 g/mol. The van der Waals surface area contributed by atoms with E-state index >= 15 is 0 Å². The van der Waals surface area contributed by atoms with Gasteiger partial charge in [0.25, 0.3) is 0 Å². The molecule has 1 atom stereocenters. The summed E-state index contributed by atoms with van der Waals surface area (Å²) >= 11 is 0.680. The zero-order valence-corrected chi connectivity index (χ0v) is 11.6. The summed E-state index contributed by atoms with van der Waals surface area (Å²) in [7, 11) is -3.78. The van der Waals surface area contributed by atoms with Gasteiger partial charge in [-0.25, -0.2) is 17.9 Å². The molecule has 0 saturated carbocycles. The molecule has 0 bridgehead atoms. The van der Waals surface area contributed by atoms with Crippen LogP contribution in [0.3, 0.4) is 0 Å². The number of hydrogen-bond donors (Lipinski definition) is 3. The van der Waals surface area contributed by atoms with Gasteiger partial charge in [0.05, 0.1) is 6.61 Å². The van der Waals surface area contributed by atoms with Gasteiger partial charge in [-0.05, 0) is 18.1 Å². The molecule has 8 heteroatoms. The number of aliphatic hydroxyl groups excluding tert-OH is 1. The van der Waals surface area contributed by atoms with Crippen LogP contribution in [0.5, 0.6) is 0 Å². The topological polar surface area (TPSA) is 104 Å². The molecule has 1 rings (SSSR count). The zero-order chi connectivity index (χ0) is 13.9. The van der Waals surface area contributed by atoms with Crippen LogP contribution >= 0.6 is 11.3 Å². The Morgan fingerprint density at radius 2 is 2.06 bits per heavy atom. The number of carboxylic acids is 1. The van der Waals surface area contributed by atoms with Gasteiger partial charge < -0.3 is 10.2 Å². The molecule has 3 N–H and O–H groups in total. The van der Waals surface area contributed by atoms with Crippen LogP contribution in [0, 0.1) is 5.92 Å². The van der Waals surface area contributed by atoms with Crippen molar-refractivity contribution in [3.05, 3.63) is 17.0 Å². The molecule has 0 spiro atoms. The summed E-state index contributed by atoms with van der Waals surface area (Å²) in [6.07, 6.45) is 0. The molecule has 0 aliphatic carbocycles. The maximum atomic E-state index is 11.9. The molecule has 0 aliphatic heterocycles. The van der Waals surface area contributed by atoms with Crippen molar-refractivity contribution < 1.29 is 23.4 Å². The van der Waals surface area contributed by atoms with Crippen molar-refractivity contribution in [2.75, 3.05) is 6.61 Å². The number of carboxylic acid groups (broad SMARTS) is 1. The summed E-state index contributed by atoms with van der Waals surface area (Å²) < 4.78 is 26.2. The predicted molar refractivity (Wildman–Crippen MR) is 67.3 cm³/mol. The van der Waals surface area contributed by atoms with Gasteiger partial charge in [0, 0.05) is 6.04 Å². The minimum absolute atomic E-state index is 0.0412. The summed E-state index contributed by atoms with van der Waals surface area (Å²) in [5, 5.41) is 17.8. The summed E-state index contributed by atoms with van der Waals surface area (Å²) in [4.78, 5) is 10.6. The number of carbonyl (C=O) groups is 1. The van der Waals surface area contributed by atoms with E-state index < -0.39 is 22.0 Å². The molecule has 0 saturated heterocycles. The third-order valence-corrected chi connectivity index (χ3v) is 5.42. The smallest absolute Gasteiger partial charge is 0.345 e. The van der Waals surface area contributed by atoms with Crippen LogP contribution in [-0.4, -0.2) is 37.2 Å². The van der Waals surface area contributed by atoms with Gasteiger partial charge in [0.2, 0.25) is 10.0 Å². The maximum absolute atomic E-state index is 11.9. The largest absolute Gasteiger partial charge is 0.477 e. The molecule has 1 aromatic rings. The molecule has 6 nitrogen and oxygen atoms in total. The highest BCUT2D eigenvalue weighted by molar-refractivity contribution is 7.91. The minimum atomic E-state index is -3.78. The number of nitrogens with one attached hydrogen (secondary N) is 1. The fraction of sp³-hybridized carbons (Fsp3) is 0.500. The first kappa shape index (κ1) is 15.1.